The SMILES string of the molecule is CCOc1nsnc1NC(CC)C(=O)N1C[C@H](Oc2ncc(OC)c3ccc(Cl)cc23)C[C@H]1C(=O)NC1(C(=O)NC(=O)C2CC2)CC1. The zero-order valence-corrected chi connectivity index (χ0v) is 27.8. The number of likely N-dealkylation sites (tertiary alicyclic amines) is 1. The number of anilines is 1. The van der Waals surface area contributed by atoms with E-state index < -0.39 is 35.5 Å². The van der Waals surface area contributed by atoms with Gasteiger partial charge in [0.15, 0.2) is 0 Å². The quantitative estimate of drug-likeness (QED) is 0.226. The molecule has 14 nitrogen and oxygen atoms in total. The van der Waals surface area contributed by atoms with Crippen LogP contribution in [0.15, 0.2) is 24.4 Å². The first-order chi connectivity index (χ1) is 22.7. The average molecular weight is 686 g/mol. The molecule has 1 aromatic carbocycles. The molecular weight excluding hydrogens is 650 g/mol. The summed E-state index contributed by atoms with van der Waals surface area (Å²) in [4.78, 5) is 59.3. The number of hydrogen-bond donors (Lipinski definition) is 3. The van der Waals surface area contributed by atoms with Crippen LogP contribution in [0.3, 0.4) is 0 Å². The van der Waals surface area contributed by atoms with Crippen molar-refractivity contribution in [2.45, 2.75) is 76.1 Å². The fraction of sp³-hybridized carbons (Fsp3) is 0.516. The number of aromatic nitrogens is 3. The Balaban J connectivity index is 1.25. The summed E-state index contributed by atoms with van der Waals surface area (Å²) >= 11 is 7.26. The average Bonchev–Trinajstić information content (AvgIpc) is 3.98. The number of ether oxygens (including phenoxy) is 3. The zero-order valence-electron chi connectivity index (χ0n) is 26.2. The first kappa shape index (κ1) is 32.7. The minimum absolute atomic E-state index is 0.0673. The second-order valence-corrected chi connectivity index (χ2v) is 12.9. The number of imide groups is 1. The van der Waals surface area contributed by atoms with Crippen LogP contribution < -0.4 is 30.2 Å². The van der Waals surface area contributed by atoms with Crippen molar-refractivity contribution in [2.24, 2.45) is 5.92 Å². The van der Waals surface area contributed by atoms with E-state index in [1.54, 1.807) is 31.5 Å². The van der Waals surface area contributed by atoms with Gasteiger partial charge in [-0.1, -0.05) is 18.5 Å². The smallest absolute Gasteiger partial charge is 0.270 e. The predicted octanol–water partition coefficient (Wildman–Crippen LogP) is 3.09. The molecule has 1 unspecified atom stereocenters. The number of halogens is 1. The Labute approximate surface area is 280 Å². The highest BCUT2D eigenvalue weighted by Crippen LogP contribution is 2.38. The molecular formula is C31H36ClN7O7S. The molecule has 2 aromatic heterocycles. The first-order valence-electron chi connectivity index (χ1n) is 15.6. The van der Waals surface area contributed by atoms with Crippen LogP contribution in [0.1, 0.15) is 52.4 Å². The summed E-state index contributed by atoms with van der Waals surface area (Å²) in [7, 11) is 1.54. The predicted molar refractivity (Wildman–Crippen MR) is 173 cm³/mol. The van der Waals surface area contributed by atoms with Crippen molar-refractivity contribution in [3.05, 3.63) is 29.4 Å². The first-order valence-corrected chi connectivity index (χ1v) is 16.8. The highest BCUT2D eigenvalue weighted by atomic mass is 35.5. The summed E-state index contributed by atoms with van der Waals surface area (Å²) in [5, 5.41) is 10.3. The zero-order chi connectivity index (χ0) is 33.3. The molecule has 4 amide bonds. The van der Waals surface area contributed by atoms with Crippen molar-refractivity contribution < 1.29 is 33.4 Å². The standard InChI is InChI=1S/C31H36ClN7O7S/c1-4-21(34-24-28(45-5-2)38-47-37-24)29(42)39-15-18(46-27-20-12-17(32)8-9-19(20)23(44-3)14-33-27)13-22(39)26(41)36-31(10-11-31)30(43)35-25(40)16-6-7-16/h8-9,12,14,16,18,21-22H,4-7,10-11,13,15H2,1-3H3,(H,34,37)(H,36,41)(H,35,40,43)/t18-,21?,22+/m1/s1. The van der Waals surface area contributed by atoms with Gasteiger partial charge in [-0.15, -0.1) is 4.37 Å². The largest absolute Gasteiger partial charge is 0.494 e. The van der Waals surface area contributed by atoms with Gasteiger partial charge in [-0.3, -0.25) is 24.5 Å². The van der Waals surface area contributed by atoms with Gasteiger partial charge in [0.2, 0.25) is 29.4 Å². The lowest BCUT2D eigenvalue weighted by Gasteiger charge is -2.29. The van der Waals surface area contributed by atoms with Crippen molar-refractivity contribution in [2.75, 3.05) is 25.6 Å². The lowest BCUT2D eigenvalue weighted by molar-refractivity contribution is -0.140. The van der Waals surface area contributed by atoms with E-state index in [-0.39, 0.29) is 36.6 Å². The summed E-state index contributed by atoms with van der Waals surface area (Å²) in [6.45, 7) is 4.10. The normalized spacial score (nSPS) is 20.3. The van der Waals surface area contributed by atoms with Gasteiger partial charge < -0.3 is 29.7 Å². The number of carbonyl (C=O) groups excluding carboxylic acids is 4. The number of nitrogens with zero attached hydrogens (tertiary/aromatic N) is 4. The maximum absolute atomic E-state index is 14.1. The van der Waals surface area contributed by atoms with Gasteiger partial charge in [0, 0.05) is 28.1 Å². The molecule has 0 bridgehead atoms. The number of pyridine rings is 1. The van der Waals surface area contributed by atoms with E-state index >= 15 is 0 Å². The Bertz CT molecular complexity index is 1700. The fourth-order valence-electron chi connectivity index (χ4n) is 5.69. The molecule has 1 aliphatic heterocycles. The molecule has 3 N–H and O–H groups in total. The second-order valence-electron chi connectivity index (χ2n) is 11.9. The highest BCUT2D eigenvalue weighted by Gasteiger charge is 2.54. The van der Waals surface area contributed by atoms with E-state index in [0.29, 0.717) is 53.7 Å². The Morgan fingerprint density at radius 3 is 2.57 bits per heavy atom. The number of methoxy groups -OCH3 is 1. The van der Waals surface area contributed by atoms with E-state index in [1.807, 2.05) is 13.8 Å². The molecule has 0 radical (unpaired) electrons. The number of nitrogens with one attached hydrogen (secondary N) is 3. The monoisotopic (exact) mass is 685 g/mol. The van der Waals surface area contributed by atoms with Gasteiger partial charge in [-0.05, 0) is 57.2 Å². The maximum atomic E-state index is 14.1. The van der Waals surface area contributed by atoms with Crippen LogP contribution in [-0.4, -0.2) is 86.2 Å². The topological polar surface area (TPSA) is 174 Å². The summed E-state index contributed by atoms with van der Waals surface area (Å²) in [6.07, 6.45) is 3.70. The molecule has 3 fully saturated rings. The van der Waals surface area contributed by atoms with Crippen LogP contribution in [0.25, 0.3) is 10.8 Å². The van der Waals surface area contributed by atoms with Crippen molar-refractivity contribution in [3.8, 4) is 17.5 Å². The van der Waals surface area contributed by atoms with E-state index in [4.69, 9.17) is 25.8 Å². The number of hydrogen-bond acceptors (Lipinski definition) is 12. The molecule has 1 saturated heterocycles. The molecule has 6 rings (SSSR count). The molecule has 3 heterocycles. The number of amides is 4. The van der Waals surface area contributed by atoms with Gasteiger partial charge in [-0.25, -0.2) is 4.98 Å². The van der Waals surface area contributed by atoms with Crippen molar-refractivity contribution in [1.82, 2.24) is 29.3 Å². The minimum Gasteiger partial charge on any atom is -0.494 e. The fourth-order valence-corrected chi connectivity index (χ4v) is 6.33. The molecule has 2 aliphatic carbocycles. The van der Waals surface area contributed by atoms with Crippen LogP contribution in [0.5, 0.6) is 17.5 Å². The van der Waals surface area contributed by atoms with Crippen molar-refractivity contribution in [1.29, 1.82) is 0 Å². The minimum atomic E-state index is -1.19. The summed E-state index contributed by atoms with van der Waals surface area (Å²) in [5.41, 5.74) is -1.19. The van der Waals surface area contributed by atoms with Gasteiger partial charge in [0.25, 0.3) is 11.8 Å². The van der Waals surface area contributed by atoms with E-state index in [0.717, 1.165) is 30.0 Å². The molecule has 3 aliphatic rings. The van der Waals surface area contributed by atoms with Crippen LogP contribution >= 0.6 is 23.3 Å². The summed E-state index contributed by atoms with van der Waals surface area (Å²) in [6, 6.07) is 3.53. The van der Waals surface area contributed by atoms with Crippen LogP contribution in [0.2, 0.25) is 5.02 Å². The highest BCUT2D eigenvalue weighted by molar-refractivity contribution is 6.99. The lowest BCUT2D eigenvalue weighted by atomic mass is 10.1. The molecule has 16 heteroatoms. The van der Waals surface area contributed by atoms with Crippen LogP contribution in [0.4, 0.5) is 5.82 Å². The van der Waals surface area contributed by atoms with Gasteiger partial charge in [0.1, 0.15) is 29.5 Å². The number of rotatable bonds is 13. The van der Waals surface area contributed by atoms with E-state index in [1.165, 1.54) is 4.90 Å². The van der Waals surface area contributed by atoms with Crippen LogP contribution in [-0.2, 0) is 19.2 Å². The van der Waals surface area contributed by atoms with E-state index in [2.05, 4.69) is 29.7 Å². The Kier molecular flexibility index (Phi) is 9.37. The Morgan fingerprint density at radius 2 is 1.89 bits per heavy atom. The van der Waals surface area contributed by atoms with Crippen LogP contribution in [0, 0.1) is 5.92 Å². The molecule has 0 spiro atoms. The van der Waals surface area contributed by atoms with E-state index in [9.17, 15) is 19.2 Å². The molecule has 3 atom stereocenters. The number of fused-ring (bicyclic) bond motifs is 1. The second kappa shape index (κ2) is 13.5. The molecule has 250 valence electrons. The Hall–Kier alpha value is -4.24. The maximum Gasteiger partial charge on any atom is 0.270 e. The third kappa shape index (κ3) is 6.91. The molecule has 3 aromatic rings. The molecule has 2 saturated carbocycles. The van der Waals surface area contributed by atoms with Gasteiger partial charge in [-0.2, -0.15) is 4.37 Å². The van der Waals surface area contributed by atoms with Crippen molar-refractivity contribution in [3.63, 3.8) is 0 Å². The third-order valence-electron chi connectivity index (χ3n) is 8.61. The summed E-state index contributed by atoms with van der Waals surface area (Å²) in [5.74, 6) is -0.418. The van der Waals surface area contributed by atoms with Gasteiger partial charge >= 0.3 is 0 Å². The van der Waals surface area contributed by atoms with Gasteiger partial charge in [0.05, 0.1) is 38.2 Å². The Morgan fingerprint density at radius 1 is 1.11 bits per heavy atom. The van der Waals surface area contributed by atoms with Crippen molar-refractivity contribution >= 4 is 63.5 Å². The lowest BCUT2D eigenvalue weighted by Crippen LogP contribution is -2.56. The number of benzene rings is 1. The third-order valence-corrected chi connectivity index (χ3v) is 9.36. The number of carbonyl (C=O) groups is 4. The summed E-state index contributed by atoms with van der Waals surface area (Å²) < 4.78 is 25.8. The molecule has 47 heavy (non-hydrogen) atoms.